The van der Waals surface area contributed by atoms with Gasteiger partial charge in [0.15, 0.2) is 0 Å². The summed E-state index contributed by atoms with van der Waals surface area (Å²) in [5.41, 5.74) is 0. The van der Waals surface area contributed by atoms with E-state index in [-0.39, 0.29) is 0 Å². The molecule has 2 atom stereocenters. The molecular formula is C12H25NOS. The van der Waals surface area contributed by atoms with Gasteiger partial charge in [0.1, 0.15) is 0 Å². The average Bonchev–Trinajstić information content (AvgIpc) is 2.16. The fourth-order valence-corrected chi connectivity index (χ4v) is 2.49. The summed E-state index contributed by atoms with van der Waals surface area (Å²) in [7, 11) is 0. The number of unbranched alkanes of at least 4 members (excludes halogenated alkanes) is 3. The summed E-state index contributed by atoms with van der Waals surface area (Å²) in [4.78, 5) is 2.54. The van der Waals surface area contributed by atoms with E-state index in [1.807, 2.05) is 0 Å². The highest BCUT2D eigenvalue weighted by molar-refractivity contribution is 7.80. The molecule has 2 nitrogen and oxygen atoms in total. The van der Waals surface area contributed by atoms with Crippen LogP contribution < -0.4 is 0 Å². The molecule has 0 aliphatic carbocycles. The van der Waals surface area contributed by atoms with Crippen LogP contribution in [-0.2, 0) is 4.74 Å². The van der Waals surface area contributed by atoms with Gasteiger partial charge in [0.05, 0.1) is 12.2 Å². The number of thiol groups is 1. The maximum atomic E-state index is 5.71. The van der Waals surface area contributed by atoms with Crippen molar-refractivity contribution >= 4 is 12.6 Å². The molecule has 0 aromatic carbocycles. The molecule has 0 amide bonds. The van der Waals surface area contributed by atoms with Crippen molar-refractivity contribution in [2.24, 2.45) is 0 Å². The Morgan fingerprint density at radius 2 is 1.67 bits per heavy atom. The number of morpholine rings is 1. The van der Waals surface area contributed by atoms with Crippen molar-refractivity contribution < 1.29 is 4.74 Å². The van der Waals surface area contributed by atoms with E-state index in [0.29, 0.717) is 12.2 Å². The highest BCUT2D eigenvalue weighted by atomic mass is 32.1. The lowest BCUT2D eigenvalue weighted by Gasteiger charge is -2.35. The van der Waals surface area contributed by atoms with Gasteiger partial charge in [-0.15, -0.1) is 0 Å². The van der Waals surface area contributed by atoms with E-state index in [0.717, 1.165) is 18.8 Å². The van der Waals surface area contributed by atoms with E-state index >= 15 is 0 Å². The Morgan fingerprint density at radius 3 is 2.27 bits per heavy atom. The monoisotopic (exact) mass is 231 g/mol. The average molecular weight is 231 g/mol. The first-order valence-corrected chi connectivity index (χ1v) is 6.84. The zero-order valence-electron chi connectivity index (χ0n) is 10.1. The molecule has 0 spiro atoms. The molecule has 1 aliphatic heterocycles. The molecule has 1 heterocycles. The van der Waals surface area contributed by atoms with E-state index in [1.54, 1.807) is 0 Å². The predicted molar refractivity (Wildman–Crippen MR) is 68.8 cm³/mol. The van der Waals surface area contributed by atoms with Crippen molar-refractivity contribution in [2.45, 2.75) is 51.7 Å². The number of rotatable bonds is 6. The molecule has 90 valence electrons. The van der Waals surface area contributed by atoms with Crippen LogP contribution >= 0.6 is 12.6 Å². The number of hydrogen-bond donors (Lipinski definition) is 1. The second-order valence-electron chi connectivity index (χ2n) is 4.65. The molecule has 0 saturated carbocycles. The van der Waals surface area contributed by atoms with Crippen LogP contribution in [0.5, 0.6) is 0 Å². The zero-order chi connectivity index (χ0) is 11.1. The Balaban J connectivity index is 2.04. The van der Waals surface area contributed by atoms with Gasteiger partial charge >= 0.3 is 0 Å². The molecular weight excluding hydrogens is 206 g/mol. The lowest BCUT2D eigenvalue weighted by molar-refractivity contribution is -0.0681. The maximum absolute atomic E-state index is 5.71. The zero-order valence-corrected chi connectivity index (χ0v) is 11.0. The van der Waals surface area contributed by atoms with Crippen molar-refractivity contribution in [1.82, 2.24) is 4.90 Å². The van der Waals surface area contributed by atoms with E-state index in [1.165, 1.54) is 32.2 Å². The summed E-state index contributed by atoms with van der Waals surface area (Å²) in [6.07, 6.45) is 6.09. The molecule has 2 unspecified atom stereocenters. The smallest absolute Gasteiger partial charge is 0.0678 e. The van der Waals surface area contributed by atoms with Crippen LogP contribution in [0.15, 0.2) is 0 Å². The molecule has 0 N–H and O–H groups in total. The van der Waals surface area contributed by atoms with Gasteiger partial charge < -0.3 is 4.74 Å². The molecule has 3 heteroatoms. The normalized spacial score (nSPS) is 28.2. The molecule has 1 fully saturated rings. The first-order valence-electron chi connectivity index (χ1n) is 6.21. The predicted octanol–water partition coefficient (Wildman–Crippen LogP) is 2.59. The van der Waals surface area contributed by atoms with Crippen LogP contribution in [0.25, 0.3) is 0 Å². The summed E-state index contributed by atoms with van der Waals surface area (Å²) >= 11 is 4.22. The van der Waals surface area contributed by atoms with Crippen molar-refractivity contribution in [3.63, 3.8) is 0 Å². The lowest BCUT2D eigenvalue weighted by atomic mass is 10.1. The molecule has 15 heavy (non-hydrogen) atoms. The second kappa shape index (κ2) is 7.53. The van der Waals surface area contributed by atoms with Crippen molar-refractivity contribution in [2.75, 3.05) is 25.4 Å². The van der Waals surface area contributed by atoms with E-state index in [2.05, 4.69) is 31.4 Å². The minimum Gasteiger partial charge on any atom is -0.373 e. The lowest BCUT2D eigenvalue weighted by Crippen LogP contribution is -2.45. The Kier molecular flexibility index (Phi) is 6.69. The largest absolute Gasteiger partial charge is 0.373 e. The van der Waals surface area contributed by atoms with Crippen LogP contribution in [0.3, 0.4) is 0 Å². The van der Waals surface area contributed by atoms with Gasteiger partial charge in [0.2, 0.25) is 0 Å². The first-order chi connectivity index (χ1) is 7.22. The topological polar surface area (TPSA) is 12.5 Å². The molecule has 0 aromatic rings. The van der Waals surface area contributed by atoms with Gasteiger partial charge in [0, 0.05) is 13.1 Å². The quantitative estimate of drug-likeness (QED) is 0.557. The van der Waals surface area contributed by atoms with Gasteiger partial charge in [-0.05, 0) is 39.0 Å². The van der Waals surface area contributed by atoms with Crippen LogP contribution in [0.1, 0.15) is 39.5 Å². The molecule has 1 saturated heterocycles. The van der Waals surface area contributed by atoms with Gasteiger partial charge in [-0.3, -0.25) is 4.90 Å². The van der Waals surface area contributed by atoms with Crippen LogP contribution in [0, 0.1) is 0 Å². The van der Waals surface area contributed by atoms with Crippen LogP contribution in [0.4, 0.5) is 0 Å². The van der Waals surface area contributed by atoms with E-state index in [9.17, 15) is 0 Å². The summed E-state index contributed by atoms with van der Waals surface area (Å²) < 4.78 is 5.71. The summed E-state index contributed by atoms with van der Waals surface area (Å²) in [5.74, 6) is 1.03. The molecule has 0 bridgehead atoms. The maximum Gasteiger partial charge on any atom is 0.0678 e. The van der Waals surface area contributed by atoms with Crippen molar-refractivity contribution in [3.05, 3.63) is 0 Å². The Labute approximate surface area is 99.8 Å². The van der Waals surface area contributed by atoms with E-state index in [4.69, 9.17) is 4.74 Å². The van der Waals surface area contributed by atoms with Gasteiger partial charge in [-0.1, -0.05) is 12.8 Å². The van der Waals surface area contributed by atoms with E-state index < -0.39 is 0 Å². The van der Waals surface area contributed by atoms with Crippen molar-refractivity contribution in [1.29, 1.82) is 0 Å². The first kappa shape index (κ1) is 13.3. The Hall–Kier alpha value is 0.270. The summed E-state index contributed by atoms with van der Waals surface area (Å²) in [5, 5.41) is 0. The van der Waals surface area contributed by atoms with Gasteiger partial charge in [-0.25, -0.2) is 0 Å². The standard InChI is InChI=1S/C12H25NOS/c1-11-9-13(10-12(2)14-11)7-5-3-4-6-8-15/h11-12,15H,3-10H2,1-2H3. The van der Waals surface area contributed by atoms with Crippen molar-refractivity contribution in [3.8, 4) is 0 Å². The summed E-state index contributed by atoms with van der Waals surface area (Å²) in [6.45, 7) is 7.80. The SMILES string of the molecule is CC1CN(CCCCCCS)CC(C)O1. The fraction of sp³-hybridized carbons (Fsp3) is 1.00. The highest BCUT2D eigenvalue weighted by Crippen LogP contribution is 2.12. The third-order valence-electron chi connectivity index (χ3n) is 2.88. The van der Waals surface area contributed by atoms with Gasteiger partial charge in [-0.2, -0.15) is 12.6 Å². The van der Waals surface area contributed by atoms with Gasteiger partial charge in [0.25, 0.3) is 0 Å². The van der Waals surface area contributed by atoms with Crippen LogP contribution in [-0.4, -0.2) is 42.5 Å². The molecule has 1 rings (SSSR count). The number of hydrogen-bond acceptors (Lipinski definition) is 3. The third-order valence-corrected chi connectivity index (χ3v) is 3.19. The summed E-state index contributed by atoms with van der Waals surface area (Å²) in [6, 6.07) is 0. The molecule has 1 aliphatic rings. The minimum atomic E-state index is 0.409. The Bertz CT molecular complexity index is 156. The number of nitrogens with zero attached hydrogens (tertiary/aromatic N) is 1. The second-order valence-corrected chi connectivity index (χ2v) is 5.10. The fourth-order valence-electron chi connectivity index (χ4n) is 2.27. The number of ether oxygens (including phenoxy) is 1. The third kappa shape index (κ3) is 5.79. The Morgan fingerprint density at radius 1 is 1.07 bits per heavy atom. The molecule has 0 aromatic heterocycles. The van der Waals surface area contributed by atoms with Crippen LogP contribution in [0.2, 0.25) is 0 Å². The highest BCUT2D eigenvalue weighted by Gasteiger charge is 2.21. The minimum absolute atomic E-state index is 0.409. The molecule has 0 radical (unpaired) electrons.